The van der Waals surface area contributed by atoms with Crippen molar-refractivity contribution in [1.82, 2.24) is 27.2 Å². The Labute approximate surface area is 117 Å². The van der Waals surface area contributed by atoms with Gasteiger partial charge in [-0.1, -0.05) is 0 Å². The molecule has 10 nitrogen and oxygen atoms in total. The first-order chi connectivity index (χ1) is 9.17. The topological polar surface area (TPSA) is 138 Å². The van der Waals surface area contributed by atoms with Gasteiger partial charge in [-0.05, 0) is 0 Å². The first-order valence-electron chi connectivity index (χ1n) is 5.43. The fourth-order valence-corrected chi connectivity index (χ4v) is 0.496. The van der Waals surface area contributed by atoms with Crippen LogP contribution >= 0.6 is 0 Å². The third-order valence-corrected chi connectivity index (χ3v) is 0.961. The van der Waals surface area contributed by atoms with E-state index in [1.807, 2.05) is 0 Å². The molecule has 0 heterocycles. The number of hydrogen-bond donors (Lipinski definition) is 5. The Morgan fingerprint density at radius 2 is 1.05 bits per heavy atom. The number of amides is 4. The summed E-state index contributed by atoms with van der Waals surface area (Å²) in [4.78, 5) is 43.9. The minimum Gasteiger partial charge on any atom is -0.292 e. The lowest BCUT2D eigenvalue weighted by atomic mass is 10.7. The summed E-state index contributed by atoms with van der Waals surface area (Å²) < 4.78 is 0. The lowest BCUT2D eigenvalue weighted by Gasteiger charge is -1.97. The predicted molar refractivity (Wildman–Crippen MR) is 71.3 cm³/mol. The highest BCUT2D eigenvalue weighted by Gasteiger charge is 1.88. The summed E-state index contributed by atoms with van der Waals surface area (Å²) in [7, 11) is 3.03. The van der Waals surface area contributed by atoms with Gasteiger partial charge in [0.2, 0.25) is 23.6 Å². The smallest absolute Gasteiger partial charge is 0.240 e. The molecule has 20 heavy (non-hydrogen) atoms. The highest BCUT2D eigenvalue weighted by molar-refractivity contribution is 5.79. The van der Waals surface area contributed by atoms with Gasteiger partial charge in [0.05, 0.1) is 7.11 Å². The van der Waals surface area contributed by atoms with Gasteiger partial charge < -0.3 is 0 Å². The van der Waals surface area contributed by atoms with Gasteiger partial charge >= 0.3 is 0 Å². The first kappa shape index (κ1) is 22.9. The van der Waals surface area contributed by atoms with Crippen molar-refractivity contribution in [3.8, 4) is 0 Å². The molecule has 0 saturated carbocycles. The third kappa shape index (κ3) is 44.7. The van der Waals surface area contributed by atoms with Crippen molar-refractivity contribution in [2.24, 2.45) is 0 Å². The van der Waals surface area contributed by atoms with E-state index in [2.05, 4.69) is 32.0 Å². The van der Waals surface area contributed by atoms with Crippen LogP contribution in [0, 0.1) is 0 Å². The second-order valence-electron chi connectivity index (χ2n) is 3.16. The van der Waals surface area contributed by atoms with Gasteiger partial charge in [-0.15, -0.1) is 0 Å². The molecule has 0 aliphatic heterocycles. The minimum atomic E-state index is -0.278. The Bertz CT molecular complexity index is 278. The van der Waals surface area contributed by atoms with E-state index in [0.717, 1.165) is 0 Å². The molecule has 0 unspecified atom stereocenters. The Morgan fingerprint density at radius 3 is 1.10 bits per heavy atom. The van der Waals surface area contributed by atoms with Crippen LogP contribution in [0.25, 0.3) is 0 Å². The molecule has 0 radical (unpaired) electrons. The van der Waals surface area contributed by atoms with Crippen LogP contribution in [0.2, 0.25) is 0 Å². The van der Waals surface area contributed by atoms with Gasteiger partial charge in [0.1, 0.15) is 0 Å². The van der Waals surface area contributed by atoms with E-state index in [9.17, 15) is 19.2 Å². The normalized spacial score (nSPS) is 7.70. The summed E-state index contributed by atoms with van der Waals surface area (Å²) in [6, 6.07) is 0. The van der Waals surface area contributed by atoms with Crippen molar-refractivity contribution >= 4 is 23.6 Å². The van der Waals surface area contributed by atoms with E-state index >= 15 is 0 Å². The van der Waals surface area contributed by atoms with Gasteiger partial charge in [0.25, 0.3) is 0 Å². The summed E-state index contributed by atoms with van der Waals surface area (Å²) in [6.07, 6.45) is 0. The monoisotopic (exact) mass is 293 g/mol. The van der Waals surface area contributed by atoms with Gasteiger partial charge in [0, 0.05) is 34.7 Å². The molecular formula is C10H23N5O5. The molecule has 0 saturated heterocycles. The van der Waals surface area contributed by atoms with Crippen molar-refractivity contribution in [3.63, 3.8) is 0 Å². The number of hydroxylamine groups is 1. The van der Waals surface area contributed by atoms with Gasteiger partial charge in [-0.2, -0.15) is 0 Å². The van der Waals surface area contributed by atoms with Crippen molar-refractivity contribution < 1.29 is 24.0 Å². The highest BCUT2D eigenvalue weighted by Crippen LogP contribution is 1.55. The van der Waals surface area contributed by atoms with Gasteiger partial charge in [-0.25, -0.2) is 10.9 Å². The second kappa shape index (κ2) is 16.8. The average molecular weight is 293 g/mol. The number of hydrazine groups is 2. The van der Waals surface area contributed by atoms with Crippen LogP contribution < -0.4 is 27.2 Å². The zero-order valence-electron chi connectivity index (χ0n) is 12.5. The zero-order chi connectivity index (χ0) is 16.6. The summed E-state index contributed by atoms with van der Waals surface area (Å²) in [5.74, 6) is -0.810. The molecular weight excluding hydrogens is 270 g/mol. The van der Waals surface area contributed by atoms with Crippen molar-refractivity contribution in [3.05, 3.63) is 0 Å². The van der Waals surface area contributed by atoms with Crippen LogP contribution in [-0.2, 0) is 24.0 Å². The lowest BCUT2D eigenvalue weighted by Crippen LogP contribution is -2.38. The molecule has 0 aromatic heterocycles. The zero-order valence-corrected chi connectivity index (χ0v) is 12.5. The van der Waals surface area contributed by atoms with Crippen molar-refractivity contribution in [1.29, 1.82) is 0 Å². The molecule has 0 fully saturated rings. The number of nitrogens with one attached hydrogen (secondary N) is 5. The van der Waals surface area contributed by atoms with E-state index < -0.39 is 0 Å². The largest absolute Gasteiger partial charge is 0.292 e. The van der Waals surface area contributed by atoms with Crippen LogP contribution in [-0.4, -0.2) is 37.8 Å². The molecule has 0 rings (SSSR count). The first-order valence-corrected chi connectivity index (χ1v) is 5.43. The van der Waals surface area contributed by atoms with E-state index in [0.29, 0.717) is 0 Å². The average Bonchev–Trinajstić information content (AvgIpc) is 2.27. The molecule has 0 aliphatic carbocycles. The minimum absolute atomic E-state index is 0.0718. The van der Waals surface area contributed by atoms with Crippen LogP contribution in [0.4, 0.5) is 0 Å². The van der Waals surface area contributed by atoms with Crippen LogP contribution in [0.3, 0.4) is 0 Å². The summed E-state index contributed by atoms with van der Waals surface area (Å²) in [5.41, 5.74) is 11.1. The maximum absolute atomic E-state index is 10.0. The number of rotatable bonds is 2. The molecule has 118 valence electrons. The van der Waals surface area contributed by atoms with E-state index in [1.165, 1.54) is 34.8 Å². The number of carbonyl (C=O) groups is 4. The summed E-state index contributed by atoms with van der Waals surface area (Å²) in [5, 5.41) is 0. The summed E-state index contributed by atoms with van der Waals surface area (Å²) in [6.45, 7) is 5.45. The Kier molecular flexibility index (Phi) is 19.3. The quantitative estimate of drug-likeness (QED) is 0.378. The molecule has 0 aromatic rings. The molecule has 0 spiro atoms. The molecule has 0 atom stereocenters. The fraction of sp³-hybridized carbons (Fsp3) is 0.600. The summed E-state index contributed by atoms with van der Waals surface area (Å²) >= 11 is 0. The second-order valence-corrected chi connectivity index (χ2v) is 3.16. The number of hydrogen-bond acceptors (Lipinski definition) is 6. The van der Waals surface area contributed by atoms with Gasteiger partial charge in [-0.3, -0.25) is 40.3 Å². The van der Waals surface area contributed by atoms with E-state index in [4.69, 9.17) is 0 Å². The maximum atomic E-state index is 10.0. The molecule has 0 aliphatic rings. The van der Waals surface area contributed by atoms with Crippen LogP contribution in [0.1, 0.15) is 27.7 Å². The van der Waals surface area contributed by atoms with E-state index in [-0.39, 0.29) is 23.6 Å². The SMILES string of the molecule is CC(=O)NNC(C)=O.CNNC(C)=O.CONC(C)=O. The van der Waals surface area contributed by atoms with E-state index in [1.54, 1.807) is 7.05 Å². The fourth-order valence-electron chi connectivity index (χ4n) is 0.496. The van der Waals surface area contributed by atoms with Gasteiger partial charge in [0.15, 0.2) is 0 Å². The molecule has 0 aromatic carbocycles. The molecule has 0 bridgehead atoms. The maximum Gasteiger partial charge on any atom is 0.240 e. The third-order valence-electron chi connectivity index (χ3n) is 0.961. The number of carbonyl (C=O) groups excluding carboxylic acids is 4. The molecule has 4 amide bonds. The van der Waals surface area contributed by atoms with Crippen LogP contribution in [0.15, 0.2) is 0 Å². The van der Waals surface area contributed by atoms with Crippen LogP contribution in [0.5, 0.6) is 0 Å². The molecule has 5 N–H and O–H groups in total. The molecule has 10 heteroatoms. The Balaban J connectivity index is -0.000000221. The highest BCUT2D eigenvalue weighted by atomic mass is 16.6. The predicted octanol–water partition coefficient (Wildman–Crippen LogP) is -1.89. The van der Waals surface area contributed by atoms with Crippen molar-refractivity contribution in [2.45, 2.75) is 27.7 Å². The lowest BCUT2D eigenvalue weighted by molar-refractivity contribution is -0.129. The van der Waals surface area contributed by atoms with Crippen molar-refractivity contribution in [2.75, 3.05) is 14.2 Å². The Hall–Kier alpha value is -2.20. The standard InChI is InChI=1S/C4H8N2O2.C3H8N2O.C3H7NO2/c1-3(7)5-6-4(2)8;1-3(6)5-4-2;1-3(5)4-6-2/h1-2H3,(H,5,7)(H,6,8);4H,1-2H3,(H,5,6);1-2H3,(H,4,5). The Morgan fingerprint density at radius 1 is 0.700 bits per heavy atom.